The average molecular weight is 250 g/mol. The first kappa shape index (κ1) is 13.6. The van der Waals surface area contributed by atoms with Crippen LogP contribution >= 0.6 is 0 Å². The number of nitrogens with two attached hydrogens (primary N) is 1. The predicted molar refractivity (Wildman–Crippen MR) is 75.8 cm³/mol. The van der Waals surface area contributed by atoms with Gasteiger partial charge in [-0.05, 0) is 31.6 Å². The fraction of sp³-hybridized carbons (Fsp3) is 0.714. The van der Waals surface area contributed by atoms with E-state index in [9.17, 15) is 0 Å². The van der Waals surface area contributed by atoms with Crippen LogP contribution in [0.1, 0.15) is 25.0 Å². The molecule has 0 bridgehead atoms. The van der Waals surface area contributed by atoms with Gasteiger partial charge in [-0.3, -0.25) is 0 Å². The van der Waals surface area contributed by atoms with Crippen molar-refractivity contribution in [1.29, 1.82) is 0 Å². The zero-order chi connectivity index (χ0) is 12.8. The second-order valence-corrected chi connectivity index (χ2v) is 5.13. The first-order chi connectivity index (χ1) is 8.83. The van der Waals surface area contributed by atoms with Gasteiger partial charge in [0.15, 0.2) is 0 Å². The van der Waals surface area contributed by atoms with Crippen LogP contribution < -0.4 is 5.73 Å². The molecule has 1 aliphatic rings. The minimum absolute atomic E-state index is 0.554. The Labute approximate surface area is 110 Å². The lowest BCUT2D eigenvalue weighted by Gasteiger charge is -2.35. The van der Waals surface area contributed by atoms with Gasteiger partial charge in [-0.25, -0.2) is 0 Å². The number of hydrogen-bond acceptors (Lipinski definition) is 3. The molecule has 0 amide bonds. The second kappa shape index (κ2) is 6.92. The minimum atomic E-state index is 0.554. The van der Waals surface area contributed by atoms with Crippen LogP contribution in [0.2, 0.25) is 0 Å². The van der Waals surface area contributed by atoms with Gasteiger partial charge < -0.3 is 20.5 Å². The molecular formula is C14H26N4. The van der Waals surface area contributed by atoms with Crippen LogP contribution in [0.25, 0.3) is 0 Å². The summed E-state index contributed by atoms with van der Waals surface area (Å²) in [5.74, 6) is 0.554. The summed E-state index contributed by atoms with van der Waals surface area (Å²) in [7, 11) is 0. The molecule has 102 valence electrons. The predicted octanol–water partition coefficient (Wildman–Crippen LogP) is 1.08. The van der Waals surface area contributed by atoms with Crippen LogP contribution in [-0.2, 0) is 0 Å². The number of aromatic nitrogens is 1. The lowest BCUT2D eigenvalue weighted by Crippen LogP contribution is -2.47. The van der Waals surface area contributed by atoms with Crippen molar-refractivity contribution in [3.8, 4) is 0 Å². The normalized spacial score (nSPS) is 20.1. The number of likely N-dealkylation sites (N-methyl/N-ethyl adjacent to an activating group) is 1. The van der Waals surface area contributed by atoms with E-state index in [4.69, 9.17) is 5.73 Å². The molecule has 18 heavy (non-hydrogen) atoms. The van der Waals surface area contributed by atoms with Gasteiger partial charge in [0.05, 0.1) is 0 Å². The Morgan fingerprint density at radius 3 is 2.56 bits per heavy atom. The van der Waals surface area contributed by atoms with Gasteiger partial charge >= 0.3 is 0 Å². The number of rotatable bonds is 6. The smallest absolute Gasteiger partial charge is 0.0192 e. The van der Waals surface area contributed by atoms with Gasteiger partial charge in [-0.15, -0.1) is 0 Å². The fourth-order valence-electron chi connectivity index (χ4n) is 2.74. The highest BCUT2D eigenvalue weighted by Crippen LogP contribution is 2.19. The summed E-state index contributed by atoms with van der Waals surface area (Å²) in [6, 6.07) is 4.26. The van der Waals surface area contributed by atoms with Crippen molar-refractivity contribution < 1.29 is 0 Å². The van der Waals surface area contributed by atoms with E-state index in [1.54, 1.807) is 0 Å². The van der Waals surface area contributed by atoms with E-state index in [2.05, 4.69) is 33.8 Å². The molecule has 0 radical (unpaired) electrons. The van der Waals surface area contributed by atoms with E-state index in [1.807, 2.05) is 6.20 Å². The van der Waals surface area contributed by atoms with E-state index in [0.29, 0.717) is 5.92 Å². The molecule has 1 unspecified atom stereocenters. The highest BCUT2D eigenvalue weighted by molar-refractivity contribution is 5.10. The van der Waals surface area contributed by atoms with Crippen LogP contribution in [0, 0.1) is 0 Å². The van der Waals surface area contributed by atoms with Crippen molar-refractivity contribution in [2.75, 3.05) is 45.8 Å². The third-order valence-corrected chi connectivity index (χ3v) is 3.97. The van der Waals surface area contributed by atoms with E-state index >= 15 is 0 Å². The van der Waals surface area contributed by atoms with Gasteiger partial charge in [0.1, 0.15) is 0 Å². The summed E-state index contributed by atoms with van der Waals surface area (Å²) >= 11 is 0. The molecule has 1 aromatic rings. The number of H-pyrrole nitrogens is 1. The molecule has 1 aliphatic heterocycles. The van der Waals surface area contributed by atoms with Crippen LogP contribution in [-0.4, -0.2) is 60.6 Å². The van der Waals surface area contributed by atoms with Gasteiger partial charge in [0.2, 0.25) is 0 Å². The monoisotopic (exact) mass is 250 g/mol. The highest BCUT2D eigenvalue weighted by atomic mass is 15.3. The summed E-state index contributed by atoms with van der Waals surface area (Å²) in [4.78, 5) is 8.43. The van der Waals surface area contributed by atoms with E-state index in [1.165, 1.54) is 38.4 Å². The number of piperazine rings is 1. The maximum absolute atomic E-state index is 5.74. The van der Waals surface area contributed by atoms with E-state index in [0.717, 1.165) is 19.5 Å². The summed E-state index contributed by atoms with van der Waals surface area (Å²) in [5, 5.41) is 0. The third-order valence-electron chi connectivity index (χ3n) is 3.97. The van der Waals surface area contributed by atoms with Crippen molar-refractivity contribution in [2.45, 2.75) is 19.3 Å². The fourth-order valence-corrected chi connectivity index (χ4v) is 2.74. The van der Waals surface area contributed by atoms with Gasteiger partial charge in [-0.2, -0.15) is 0 Å². The first-order valence-electron chi connectivity index (χ1n) is 7.11. The topological polar surface area (TPSA) is 48.3 Å². The standard InChI is InChI=1S/C14H26N4/c1-2-17-8-10-18(11-9-17)12-13(5-6-15)14-4-3-7-16-14/h3-4,7,13,16H,2,5-6,8-12,15H2,1H3. The summed E-state index contributed by atoms with van der Waals surface area (Å²) in [5.41, 5.74) is 7.08. The molecule has 1 aromatic heterocycles. The molecule has 1 atom stereocenters. The summed E-state index contributed by atoms with van der Waals surface area (Å²) in [6.07, 6.45) is 3.07. The van der Waals surface area contributed by atoms with Gasteiger partial charge in [0.25, 0.3) is 0 Å². The molecule has 1 saturated heterocycles. The number of nitrogens with zero attached hydrogens (tertiary/aromatic N) is 2. The van der Waals surface area contributed by atoms with E-state index < -0.39 is 0 Å². The third kappa shape index (κ3) is 3.57. The van der Waals surface area contributed by atoms with E-state index in [-0.39, 0.29) is 0 Å². The van der Waals surface area contributed by atoms with Crippen LogP contribution in [0.4, 0.5) is 0 Å². The SMILES string of the molecule is CCN1CCN(CC(CCN)c2ccc[nH]2)CC1. The lowest BCUT2D eigenvalue weighted by atomic mass is 10.0. The Kier molecular flexibility index (Phi) is 5.23. The number of nitrogens with one attached hydrogen (secondary N) is 1. The largest absolute Gasteiger partial charge is 0.365 e. The lowest BCUT2D eigenvalue weighted by molar-refractivity contribution is 0.130. The van der Waals surface area contributed by atoms with Crippen molar-refractivity contribution in [3.05, 3.63) is 24.0 Å². The molecule has 4 heteroatoms. The Bertz CT molecular complexity index is 315. The maximum Gasteiger partial charge on any atom is 0.0192 e. The zero-order valence-corrected chi connectivity index (χ0v) is 11.4. The Morgan fingerprint density at radius 1 is 1.28 bits per heavy atom. The Hall–Kier alpha value is -0.840. The van der Waals surface area contributed by atoms with Crippen molar-refractivity contribution >= 4 is 0 Å². The molecular weight excluding hydrogens is 224 g/mol. The number of aromatic amines is 1. The molecule has 2 rings (SSSR count). The zero-order valence-electron chi connectivity index (χ0n) is 11.4. The average Bonchev–Trinajstić information content (AvgIpc) is 2.93. The molecule has 0 spiro atoms. The molecule has 0 saturated carbocycles. The first-order valence-corrected chi connectivity index (χ1v) is 7.11. The Morgan fingerprint density at radius 2 is 2.00 bits per heavy atom. The second-order valence-electron chi connectivity index (χ2n) is 5.13. The van der Waals surface area contributed by atoms with Crippen molar-refractivity contribution in [3.63, 3.8) is 0 Å². The van der Waals surface area contributed by atoms with Crippen molar-refractivity contribution in [1.82, 2.24) is 14.8 Å². The molecule has 4 nitrogen and oxygen atoms in total. The maximum atomic E-state index is 5.74. The Balaban J connectivity index is 1.86. The summed E-state index contributed by atoms with van der Waals surface area (Å²) < 4.78 is 0. The van der Waals surface area contributed by atoms with Crippen LogP contribution in [0.5, 0.6) is 0 Å². The molecule has 0 aliphatic carbocycles. The molecule has 1 fully saturated rings. The van der Waals surface area contributed by atoms with Gasteiger partial charge in [0, 0.05) is 50.5 Å². The molecule has 2 heterocycles. The molecule has 3 N–H and O–H groups in total. The highest BCUT2D eigenvalue weighted by Gasteiger charge is 2.20. The van der Waals surface area contributed by atoms with Crippen LogP contribution in [0.15, 0.2) is 18.3 Å². The minimum Gasteiger partial charge on any atom is -0.365 e. The van der Waals surface area contributed by atoms with Crippen LogP contribution in [0.3, 0.4) is 0 Å². The summed E-state index contributed by atoms with van der Waals surface area (Å²) in [6.45, 7) is 10.1. The molecule has 0 aromatic carbocycles. The number of hydrogen-bond donors (Lipinski definition) is 2. The quantitative estimate of drug-likeness (QED) is 0.794. The van der Waals surface area contributed by atoms with Gasteiger partial charge in [-0.1, -0.05) is 6.92 Å². The van der Waals surface area contributed by atoms with Crippen molar-refractivity contribution in [2.24, 2.45) is 5.73 Å².